The molecule has 0 atom stereocenters. The third-order valence-electron chi connectivity index (χ3n) is 5.21. The number of hydrogen-bond acceptors (Lipinski definition) is 6. The van der Waals surface area contributed by atoms with Gasteiger partial charge in [0.25, 0.3) is 5.91 Å². The van der Waals surface area contributed by atoms with Gasteiger partial charge in [-0.2, -0.15) is 10.1 Å². The Labute approximate surface area is 161 Å². The molecule has 1 aromatic carbocycles. The molecule has 0 spiro atoms. The third-order valence-corrected chi connectivity index (χ3v) is 5.21. The minimum Gasteiger partial charge on any atom is -0.445 e. The van der Waals surface area contributed by atoms with E-state index in [2.05, 4.69) is 32.6 Å². The van der Waals surface area contributed by atoms with Crippen molar-refractivity contribution in [3.05, 3.63) is 42.0 Å². The van der Waals surface area contributed by atoms with Crippen LogP contribution in [0.5, 0.6) is 0 Å². The lowest BCUT2D eigenvalue weighted by molar-refractivity contribution is 0.102. The number of aromatic nitrogens is 4. The van der Waals surface area contributed by atoms with Gasteiger partial charge in [-0.15, -0.1) is 0 Å². The summed E-state index contributed by atoms with van der Waals surface area (Å²) in [6.45, 7) is 3.95. The van der Waals surface area contributed by atoms with Gasteiger partial charge in [0, 0.05) is 23.7 Å². The van der Waals surface area contributed by atoms with Gasteiger partial charge in [-0.3, -0.25) is 9.48 Å². The Bertz CT molecular complexity index is 1230. The maximum absolute atomic E-state index is 13.0. The number of furan rings is 1. The molecule has 8 heteroatoms. The smallest absolute Gasteiger partial charge is 0.259 e. The van der Waals surface area contributed by atoms with Crippen molar-refractivity contribution in [2.75, 3.05) is 10.6 Å². The van der Waals surface area contributed by atoms with Crippen LogP contribution in [0.15, 0.2) is 35.1 Å². The van der Waals surface area contributed by atoms with Gasteiger partial charge >= 0.3 is 0 Å². The highest BCUT2D eigenvalue weighted by atomic mass is 16.3. The summed E-state index contributed by atoms with van der Waals surface area (Å²) in [6, 6.07) is 5.68. The Kier molecular flexibility index (Phi) is 3.46. The molecule has 0 saturated heterocycles. The number of anilines is 2. The molecule has 0 unspecified atom stereocenters. The van der Waals surface area contributed by atoms with E-state index in [0.29, 0.717) is 34.0 Å². The monoisotopic (exact) mass is 376 g/mol. The fourth-order valence-corrected chi connectivity index (χ4v) is 3.34. The molecule has 142 valence electrons. The predicted molar refractivity (Wildman–Crippen MR) is 106 cm³/mol. The number of rotatable bonds is 4. The fraction of sp³-hybridized carbons (Fsp3) is 0.300. The van der Waals surface area contributed by atoms with Crippen LogP contribution in [-0.2, 0) is 7.05 Å². The number of fused-ring (bicyclic) bond motifs is 2. The minimum atomic E-state index is -0.265. The summed E-state index contributed by atoms with van der Waals surface area (Å²) in [7, 11) is 1.88. The van der Waals surface area contributed by atoms with E-state index in [1.165, 1.54) is 6.26 Å². The van der Waals surface area contributed by atoms with Crippen LogP contribution in [0.25, 0.3) is 22.0 Å². The van der Waals surface area contributed by atoms with Crippen molar-refractivity contribution in [2.24, 2.45) is 7.05 Å². The second-order valence-electron chi connectivity index (χ2n) is 7.63. The van der Waals surface area contributed by atoms with E-state index in [-0.39, 0.29) is 11.4 Å². The first-order valence-electron chi connectivity index (χ1n) is 9.19. The van der Waals surface area contributed by atoms with Gasteiger partial charge in [0.2, 0.25) is 5.71 Å². The van der Waals surface area contributed by atoms with Crippen molar-refractivity contribution in [3.8, 4) is 0 Å². The van der Waals surface area contributed by atoms with Crippen LogP contribution in [0.2, 0.25) is 0 Å². The van der Waals surface area contributed by atoms with Gasteiger partial charge in [-0.25, -0.2) is 4.98 Å². The number of benzene rings is 1. The first-order valence-corrected chi connectivity index (χ1v) is 9.19. The molecule has 1 saturated carbocycles. The predicted octanol–water partition coefficient (Wildman–Crippen LogP) is 3.63. The fourth-order valence-electron chi connectivity index (χ4n) is 3.34. The average Bonchev–Trinajstić information content (AvgIpc) is 3.06. The molecule has 1 amide bonds. The normalized spacial score (nSPS) is 15.1. The zero-order chi connectivity index (χ0) is 19.5. The van der Waals surface area contributed by atoms with Gasteiger partial charge < -0.3 is 15.1 Å². The Morgan fingerprint density at radius 2 is 2.11 bits per heavy atom. The number of amides is 1. The Morgan fingerprint density at radius 1 is 1.29 bits per heavy atom. The lowest BCUT2D eigenvalue weighted by Crippen LogP contribution is -2.19. The molecule has 0 radical (unpaired) electrons. The molecule has 28 heavy (non-hydrogen) atoms. The molecule has 1 aliphatic rings. The van der Waals surface area contributed by atoms with E-state index in [0.717, 1.165) is 23.7 Å². The molecule has 3 heterocycles. The summed E-state index contributed by atoms with van der Waals surface area (Å²) in [5, 5.41) is 12.2. The summed E-state index contributed by atoms with van der Waals surface area (Å²) in [5.74, 6) is 0.977. The van der Waals surface area contributed by atoms with Crippen molar-refractivity contribution < 1.29 is 9.21 Å². The average molecular weight is 376 g/mol. The first kappa shape index (κ1) is 16.7. The molecule has 0 aliphatic heterocycles. The van der Waals surface area contributed by atoms with E-state index >= 15 is 0 Å². The molecule has 8 nitrogen and oxygen atoms in total. The molecular weight excluding hydrogens is 356 g/mol. The van der Waals surface area contributed by atoms with Crippen LogP contribution in [0.3, 0.4) is 0 Å². The maximum Gasteiger partial charge on any atom is 0.259 e. The second-order valence-corrected chi connectivity index (χ2v) is 7.63. The van der Waals surface area contributed by atoms with Crippen molar-refractivity contribution in [3.63, 3.8) is 0 Å². The number of carbonyl (C=O) groups is 1. The third kappa shape index (κ3) is 2.77. The van der Waals surface area contributed by atoms with Crippen molar-refractivity contribution in [1.82, 2.24) is 19.7 Å². The Morgan fingerprint density at radius 3 is 2.89 bits per heavy atom. The summed E-state index contributed by atoms with van der Waals surface area (Å²) < 4.78 is 7.36. The lowest BCUT2D eigenvalue weighted by Gasteiger charge is -2.14. The number of carbonyl (C=O) groups excluding carboxylic acids is 1. The number of aryl methyl sites for hydroxylation is 2. The Balaban J connectivity index is 1.51. The van der Waals surface area contributed by atoms with Crippen LogP contribution in [0.1, 0.15) is 35.9 Å². The second kappa shape index (κ2) is 5.79. The highest BCUT2D eigenvalue weighted by molar-refractivity contribution is 6.14. The molecule has 1 fully saturated rings. The van der Waals surface area contributed by atoms with Crippen LogP contribution >= 0.6 is 0 Å². The largest absolute Gasteiger partial charge is 0.445 e. The van der Waals surface area contributed by atoms with E-state index in [1.54, 1.807) is 10.9 Å². The van der Waals surface area contributed by atoms with Gasteiger partial charge in [0.05, 0.1) is 22.7 Å². The maximum atomic E-state index is 13.0. The number of hydrogen-bond donors (Lipinski definition) is 2. The van der Waals surface area contributed by atoms with Crippen LogP contribution < -0.4 is 10.6 Å². The molecule has 3 aromatic heterocycles. The summed E-state index contributed by atoms with van der Waals surface area (Å²) in [6.07, 6.45) is 5.36. The van der Waals surface area contributed by atoms with E-state index in [1.807, 2.05) is 32.2 Å². The first-order chi connectivity index (χ1) is 13.4. The van der Waals surface area contributed by atoms with Crippen molar-refractivity contribution in [1.29, 1.82) is 0 Å². The van der Waals surface area contributed by atoms with Crippen molar-refractivity contribution in [2.45, 2.75) is 32.2 Å². The molecule has 1 aliphatic carbocycles. The SMILES string of the molecule is Cc1nc(NC2(C)CC2)c2c(C(=O)Nc3ccc4c(cnn4C)c3)coc2n1. The molecule has 0 bridgehead atoms. The highest BCUT2D eigenvalue weighted by Crippen LogP contribution is 2.40. The highest BCUT2D eigenvalue weighted by Gasteiger charge is 2.38. The van der Waals surface area contributed by atoms with Gasteiger partial charge in [0.15, 0.2) is 0 Å². The number of nitrogens with zero attached hydrogens (tertiary/aromatic N) is 4. The quantitative estimate of drug-likeness (QED) is 0.564. The molecular formula is C20H20N6O2. The topological polar surface area (TPSA) is 97.9 Å². The minimum absolute atomic E-state index is 0.0179. The summed E-state index contributed by atoms with van der Waals surface area (Å²) in [4.78, 5) is 21.8. The molecule has 2 N–H and O–H groups in total. The molecule has 4 aromatic rings. The van der Waals surface area contributed by atoms with Gasteiger partial charge in [-0.1, -0.05) is 0 Å². The number of nitrogens with one attached hydrogen (secondary N) is 2. The lowest BCUT2D eigenvalue weighted by atomic mass is 10.2. The van der Waals surface area contributed by atoms with Gasteiger partial charge in [-0.05, 0) is 44.9 Å². The Hall–Kier alpha value is -3.42. The summed E-state index contributed by atoms with van der Waals surface area (Å²) >= 11 is 0. The standard InChI is InChI=1S/C20H20N6O2/c1-11-22-17(25-20(2)6-7-20)16-14(10-28-19(16)23-11)18(27)24-13-4-5-15-12(8-13)9-21-26(15)3/h4-5,8-10H,6-7H2,1-3H3,(H,24,27)(H,22,23,25). The zero-order valence-corrected chi connectivity index (χ0v) is 15.9. The zero-order valence-electron chi connectivity index (χ0n) is 15.9. The van der Waals surface area contributed by atoms with E-state index in [4.69, 9.17) is 4.42 Å². The summed E-state index contributed by atoms with van der Waals surface area (Å²) in [5.41, 5.74) is 2.53. The molecule has 5 rings (SSSR count). The van der Waals surface area contributed by atoms with Crippen LogP contribution in [-0.4, -0.2) is 31.2 Å². The van der Waals surface area contributed by atoms with Crippen LogP contribution in [0.4, 0.5) is 11.5 Å². The van der Waals surface area contributed by atoms with Gasteiger partial charge in [0.1, 0.15) is 17.9 Å². The van der Waals surface area contributed by atoms with Crippen molar-refractivity contribution >= 4 is 39.4 Å². The van der Waals surface area contributed by atoms with E-state index < -0.39 is 0 Å². The van der Waals surface area contributed by atoms with E-state index in [9.17, 15) is 4.79 Å². The van der Waals surface area contributed by atoms with Crippen LogP contribution in [0, 0.1) is 6.92 Å².